The van der Waals surface area contributed by atoms with Crippen LogP contribution in [-0.2, 0) is 13.1 Å². The van der Waals surface area contributed by atoms with Crippen molar-refractivity contribution in [2.24, 2.45) is 0 Å². The van der Waals surface area contributed by atoms with E-state index in [2.05, 4.69) is 15.3 Å². The molecule has 0 radical (unpaired) electrons. The number of nitrogens with one attached hydrogen (secondary N) is 2. The molecular formula is C28H21F4N3. The molecule has 1 heterocycles. The molecule has 4 aromatic carbocycles. The summed E-state index contributed by atoms with van der Waals surface area (Å²) in [4.78, 5) is 7.18. The van der Waals surface area contributed by atoms with Crippen LogP contribution in [0.3, 0.4) is 0 Å². The minimum atomic E-state index is -1.44. The van der Waals surface area contributed by atoms with Gasteiger partial charge in [0, 0.05) is 13.1 Å². The highest BCUT2D eigenvalue weighted by atomic mass is 19.2. The van der Waals surface area contributed by atoms with E-state index in [0.717, 1.165) is 11.1 Å². The minimum absolute atomic E-state index is 0.0142. The van der Waals surface area contributed by atoms with Crippen molar-refractivity contribution in [1.82, 2.24) is 15.3 Å². The van der Waals surface area contributed by atoms with Crippen molar-refractivity contribution in [3.63, 3.8) is 0 Å². The molecule has 7 heteroatoms. The maximum absolute atomic E-state index is 15.1. The van der Waals surface area contributed by atoms with E-state index in [1.165, 1.54) is 24.3 Å². The fraction of sp³-hybridized carbons (Fsp3) is 0.107. The number of hydrogen-bond acceptors (Lipinski definition) is 2. The third kappa shape index (κ3) is 4.42. The minimum Gasteiger partial charge on any atom is -0.342 e. The highest BCUT2D eigenvalue weighted by Crippen LogP contribution is 2.37. The number of rotatable bonds is 6. The summed E-state index contributed by atoms with van der Waals surface area (Å²) in [6.45, 7) is 2.92. The smallest absolute Gasteiger partial charge is 0.170 e. The average molecular weight is 475 g/mol. The van der Waals surface area contributed by atoms with Crippen LogP contribution in [0.1, 0.15) is 17.0 Å². The van der Waals surface area contributed by atoms with Gasteiger partial charge in [-0.1, -0.05) is 60.7 Å². The molecule has 0 aliphatic rings. The Morgan fingerprint density at radius 2 is 1.23 bits per heavy atom. The monoisotopic (exact) mass is 475 g/mol. The quantitative estimate of drug-likeness (QED) is 0.204. The van der Waals surface area contributed by atoms with Crippen molar-refractivity contribution in [2.75, 3.05) is 0 Å². The molecule has 3 nitrogen and oxygen atoms in total. The zero-order valence-corrected chi connectivity index (χ0v) is 18.8. The predicted molar refractivity (Wildman–Crippen MR) is 129 cm³/mol. The maximum Gasteiger partial charge on any atom is 0.170 e. The fourth-order valence-corrected chi connectivity index (χ4v) is 4.17. The van der Waals surface area contributed by atoms with Gasteiger partial charge in [-0.05, 0) is 41.3 Å². The summed E-state index contributed by atoms with van der Waals surface area (Å²) in [5, 5.41) is 3.28. The molecule has 1 aromatic heterocycles. The van der Waals surface area contributed by atoms with Crippen LogP contribution in [-0.4, -0.2) is 9.97 Å². The van der Waals surface area contributed by atoms with Crippen LogP contribution in [0, 0.1) is 30.2 Å². The van der Waals surface area contributed by atoms with Crippen LogP contribution in [0.15, 0.2) is 72.8 Å². The highest BCUT2D eigenvalue weighted by molar-refractivity contribution is 5.83. The number of aromatic amines is 1. The van der Waals surface area contributed by atoms with Crippen molar-refractivity contribution >= 4 is 11.0 Å². The lowest BCUT2D eigenvalue weighted by molar-refractivity contribution is 0.463. The first-order chi connectivity index (χ1) is 16.9. The lowest BCUT2D eigenvalue weighted by Crippen LogP contribution is -2.12. The highest BCUT2D eigenvalue weighted by Gasteiger charge is 2.27. The molecule has 35 heavy (non-hydrogen) atoms. The van der Waals surface area contributed by atoms with Crippen LogP contribution < -0.4 is 5.32 Å². The summed E-state index contributed by atoms with van der Waals surface area (Å²) in [5.74, 6) is -5.14. The van der Waals surface area contributed by atoms with E-state index in [9.17, 15) is 0 Å². The predicted octanol–water partition coefficient (Wildman–Crippen LogP) is 7.05. The van der Waals surface area contributed by atoms with Gasteiger partial charge in [-0.15, -0.1) is 0 Å². The molecule has 5 aromatic rings. The van der Waals surface area contributed by atoms with E-state index in [1.54, 1.807) is 25.1 Å². The molecule has 176 valence electrons. The number of H-pyrrole nitrogens is 1. The van der Waals surface area contributed by atoms with Gasteiger partial charge in [-0.25, -0.2) is 22.5 Å². The van der Waals surface area contributed by atoms with E-state index in [-0.39, 0.29) is 11.1 Å². The standard InChI is InChI=1S/C28H21F4N3/c1-16-34-21-12-11-20(13-22(21)35-16)24-27(31)25(29)23(26(30)28(24)32)19-9-7-18(8-10-19)15-33-14-17-5-3-2-4-6-17/h2-13,33H,14-15H2,1H3,(H,34,35). The van der Waals surface area contributed by atoms with Crippen LogP contribution in [0.4, 0.5) is 17.6 Å². The fourth-order valence-electron chi connectivity index (χ4n) is 4.17. The zero-order chi connectivity index (χ0) is 24.5. The van der Waals surface area contributed by atoms with Crippen molar-refractivity contribution < 1.29 is 17.6 Å². The summed E-state index contributed by atoms with van der Waals surface area (Å²) in [7, 11) is 0. The number of nitrogens with zero attached hydrogens (tertiary/aromatic N) is 1. The number of benzene rings is 4. The van der Waals surface area contributed by atoms with Gasteiger partial charge in [0.1, 0.15) is 5.82 Å². The molecule has 2 N–H and O–H groups in total. The van der Waals surface area contributed by atoms with Gasteiger partial charge in [0.15, 0.2) is 23.3 Å². The van der Waals surface area contributed by atoms with Gasteiger partial charge < -0.3 is 10.3 Å². The summed E-state index contributed by atoms with van der Waals surface area (Å²) < 4.78 is 60.3. The molecule has 0 amide bonds. The van der Waals surface area contributed by atoms with Crippen LogP contribution in [0.25, 0.3) is 33.3 Å². The number of aromatic nitrogens is 2. The Balaban J connectivity index is 1.43. The lowest BCUT2D eigenvalue weighted by Gasteiger charge is -2.13. The van der Waals surface area contributed by atoms with Crippen LogP contribution in [0.2, 0.25) is 0 Å². The second-order valence-electron chi connectivity index (χ2n) is 8.35. The second-order valence-corrected chi connectivity index (χ2v) is 8.35. The zero-order valence-electron chi connectivity index (χ0n) is 18.8. The first-order valence-corrected chi connectivity index (χ1v) is 11.1. The van der Waals surface area contributed by atoms with Crippen molar-refractivity contribution in [1.29, 1.82) is 0 Å². The normalized spacial score (nSPS) is 11.3. The number of fused-ring (bicyclic) bond motifs is 1. The largest absolute Gasteiger partial charge is 0.342 e. The molecule has 0 unspecified atom stereocenters. The number of halogens is 4. The van der Waals surface area contributed by atoms with Gasteiger partial charge in [0.2, 0.25) is 0 Å². The SMILES string of the molecule is Cc1nc2ccc(-c3c(F)c(F)c(-c4ccc(CNCc5ccccc5)cc4)c(F)c3F)cc2[nH]1. The number of imidazole rings is 1. The maximum atomic E-state index is 15.1. The number of aryl methyl sites for hydroxylation is 1. The van der Waals surface area contributed by atoms with E-state index in [4.69, 9.17) is 0 Å². The van der Waals surface area contributed by atoms with E-state index in [0.29, 0.717) is 29.9 Å². The Bertz CT molecular complexity index is 1480. The molecule has 0 atom stereocenters. The molecular weight excluding hydrogens is 454 g/mol. The Labute approximate surface area is 199 Å². The number of hydrogen-bond donors (Lipinski definition) is 2. The molecule has 0 saturated heterocycles. The first kappa shape index (κ1) is 22.8. The molecule has 0 aliphatic carbocycles. The Kier molecular flexibility index (Phi) is 6.09. The van der Waals surface area contributed by atoms with E-state index in [1.807, 2.05) is 30.3 Å². The molecule has 0 fully saturated rings. The van der Waals surface area contributed by atoms with Crippen molar-refractivity contribution in [3.8, 4) is 22.3 Å². The molecule has 0 spiro atoms. The summed E-state index contributed by atoms with van der Waals surface area (Å²) in [5.41, 5.74) is 1.68. The third-order valence-electron chi connectivity index (χ3n) is 5.90. The second kappa shape index (κ2) is 9.35. The van der Waals surface area contributed by atoms with E-state index >= 15 is 17.6 Å². The Hall–Kier alpha value is -3.97. The average Bonchev–Trinajstić information content (AvgIpc) is 3.24. The van der Waals surface area contributed by atoms with E-state index < -0.39 is 34.4 Å². The van der Waals surface area contributed by atoms with Gasteiger partial charge in [-0.3, -0.25) is 0 Å². The third-order valence-corrected chi connectivity index (χ3v) is 5.90. The summed E-state index contributed by atoms with van der Waals surface area (Å²) in [6, 6.07) is 20.5. The van der Waals surface area contributed by atoms with Gasteiger partial charge in [0.25, 0.3) is 0 Å². The Morgan fingerprint density at radius 1 is 0.686 bits per heavy atom. The van der Waals surface area contributed by atoms with Crippen molar-refractivity contribution in [3.05, 3.63) is 113 Å². The van der Waals surface area contributed by atoms with Gasteiger partial charge in [0.05, 0.1) is 22.2 Å². The molecule has 0 aliphatic heterocycles. The molecule has 0 bridgehead atoms. The van der Waals surface area contributed by atoms with Gasteiger partial charge >= 0.3 is 0 Å². The lowest BCUT2D eigenvalue weighted by atomic mass is 9.96. The molecule has 5 rings (SSSR count). The van der Waals surface area contributed by atoms with Crippen molar-refractivity contribution in [2.45, 2.75) is 20.0 Å². The topological polar surface area (TPSA) is 40.7 Å². The van der Waals surface area contributed by atoms with Crippen LogP contribution >= 0.6 is 0 Å². The summed E-state index contributed by atoms with van der Waals surface area (Å²) in [6.07, 6.45) is 0. The Morgan fingerprint density at radius 3 is 1.86 bits per heavy atom. The summed E-state index contributed by atoms with van der Waals surface area (Å²) >= 11 is 0. The molecule has 0 saturated carbocycles. The first-order valence-electron chi connectivity index (χ1n) is 11.1. The van der Waals surface area contributed by atoms with Gasteiger partial charge in [-0.2, -0.15) is 0 Å². The van der Waals surface area contributed by atoms with Crippen LogP contribution in [0.5, 0.6) is 0 Å².